The van der Waals surface area contributed by atoms with Gasteiger partial charge in [-0.1, -0.05) is 6.92 Å². The van der Waals surface area contributed by atoms with Gasteiger partial charge >= 0.3 is 0 Å². The van der Waals surface area contributed by atoms with Crippen molar-refractivity contribution in [3.05, 3.63) is 10.9 Å². The third kappa shape index (κ3) is 2.39. The Hall–Kier alpha value is -1.36. The summed E-state index contributed by atoms with van der Waals surface area (Å²) in [6, 6.07) is 2.22. The maximum absolute atomic E-state index is 4.73. The summed E-state index contributed by atoms with van der Waals surface area (Å²) in [5.74, 6) is 2.62. The second-order valence-electron chi connectivity index (χ2n) is 5.32. The molecule has 3 rings (SSSR count). The highest BCUT2D eigenvalue weighted by Gasteiger charge is 2.23. The van der Waals surface area contributed by atoms with Crippen molar-refractivity contribution in [2.24, 2.45) is 5.92 Å². The number of rotatable bonds is 3. The van der Waals surface area contributed by atoms with E-state index in [0.717, 1.165) is 42.1 Å². The Labute approximate surface area is 117 Å². The number of nitrogens with one attached hydrogen (secondary N) is 1. The van der Waals surface area contributed by atoms with E-state index >= 15 is 0 Å². The van der Waals surface area contributed by atoms with Crippen molar-refractivity contribution in [3.63, 3.8) is 0 Å². The van der Waals surface area contributed by atoms with Gasteiger partial charge in [0, 0.05) is 24.5 Å². The molecule has 0 aliphatic carbocycles. The largest absolute Gasteiger partial charge is 0.356 e. The normalized spacial score (nSPS) is 19.3. The highest BCUT2D eigenvalue weighted by atomic mass is 32.1. The smallest absolute Gasteiger partial charge is 0.226 e. The molecule has 102 valence electrons. The van der Waals surface area contributed by atoms with Crippen LogP contribution in [0.15, 0.2) is 6.07 Å². The molecule has 0 saturated carbocycles. The summed E-state index contributed by atoms with van der Waals surface area (Å²) in [7, 11) is 0. The van der Waals surface area contributed by atoms with Crippen LogP contribution in [0.5, 0.6) is 0 Å². The molecule has 2 aromatic rings. The minimum atomic E-state index is 0.756. The van der Waals surface area contributed by atoms with E-state index in [-0.39, 0.29) is 0 Å². The molecule has 3 heterocycles. The number of fused-ring (bicyclic) bond motifs is 1. The van der Waals surface area contributed by atoms with Gasteiger partial charge in [-0.15, -0.1) is 11.3 Å². The van der Waals surface area contributed by atoms with Crippen molar-refractivity contribution < 1.29 is 0 Å². The van der Waals surface area contributed by atoms with Crippen LogP contribution in [0.1, 0.15) is 25.1 Å². The third-order valence-corrected chi connectivity index (χ3v) is 4.50. The van der Waals surface area contributed by atoms with Crippen molar-refractivity contribution in [2.75, 3.05) is 29.9 Å². The summed E-state index contributed by atoms with van der Waals surface area (Å²) < 4.78 is 0. The number of hydrogen-bond acceptors (Lipinski definition) is 5. The van der Waals surface area contributed by atoms with E-state index in [0.29, 0.717) is 0 Å². The number of aryl methyl sites for hydroxylation is 1. The van der Waals surface area contributed by atoms with Crippen LogP contribution in [-0.2, 0) is 0 Å². The topological polar surface area (TPSA) is 41.1 Å². The second kappa shape index (κ2) is 4.96. The van der Waals surface area contributed by atoms with Crippen molar-refractivity contribution in [3.8, 4) is 0 Å². The van der Waals surface area contributed by atoms with Gasteiger partial charge in [-0.3, -0.25) is 0 Å². The molecule has 1 atom stereocenters. The third-order valence-electron chi connectivity index (χ3n) is 3.55. The summed E-state index contributed by atoms with van der Waals surface area (Å²) >= 11 is 1.75. The highest BCUT2D eigenvalue weighted by Crippen LogP contribution is 2.33. The quantitative estimate of drug-likeness (QED) is 0.934. The van der Waals surface area contributed by atoms with Gasteiger partial charge in [0.2, 0.25) is 5.95 Å². The van der Waals surface area contributed by atoms with E-state index in [1.165, 1.54) is 16.7 Å². The molecule has 0 bridgehead atoms. The average molecular weight is 276 g/mol. The van der Waals surface area contributed by atoms with Gasteiger partial charge in [-0.05, 0) is 32.3 Å². The molecule has 1 aliphatic heterocycles. The molecule has 1 saturated heterocycles. The Morgan fingerprint density at radius 1 is 1.47 bits per heavy atom. The lowest BCUT2D eigenvalue weighted by Crippen LogP contribution is -2.21. The number of aromatic nitrogens is 2. The summed E-state index contributed by atoms with van der Waals surface area (Å²) in [6.07, 6.45) is 1.26. The Morgan fingerprint density at radius 3 is 3.00 bits per heavy atom. The van der Waals surface area contributed by atoms with Gasteiger partial charge in [0.1, 0.15) is 10.6 Å². The van der Waals surface area contributed by atoms with Crippen LogP contribution < -0.4 is 10.2 Å². The first-order valence-corrected chi connectivity index (χ1v) is 7.76. The lowest BCUT2D eigenvalue weighted by Gasteiger charge is -2.18. The molecule has 1 unspecified atom stereocenters. The molecule has 0 radical (unpaired) electrons. The maximum Gasteiger partial charge on any atom is 0.226 e. The van der Waals surface area contributed by atoms with Gasteiger partial charge in [-0.2, -0.15) is 4.98 Å². The van der Waals surface area contributed by atoms with E-state index in [2.05, 4.69) is 42.0 Å². The van der Waals surface area contributed by atoms with Gasteiger partial charge < -0.3 is 10.2 Å². The number of thiophene rings is 1. The Bertz CT molecular complexity index is 592. The lowest BCUT2D eigenvalue weighted by atomic mass is 10.2. The number of anilines is 2. The summed E-state index contributed by atoms with van der Waals surface area (Å²) in [6.45, 7) is 9.58. The van der Waals surface area contributed by atoms with Gasteiger partial charge in [0.05, 0.1) is 5.39 Å². The first-order valence-electron chi connectivity index (χ1n) is 6.94. The fraction of sp³-hybridized carbons (Fsp3) is 0.571. The highest BCUT2D eigenvalue weighted by molar-refractivity contribution is 7.18. The van der Waals surface area contributed by atoms with Crippen LogP contribution in [0, 0.1) is 12.8 Å². The molecular weight excluding hydrogens is 256 g/mol. The molecule has 2 aromatic heterocycles. The van der Waals surface area contributed by atoms with E-state index in [4.69, 9.17) is 4.98 Å². The second-order valence-corrected chi connectivity index (χ2v) is 6.55. The zero-order valence-corrected chi connectivity index (χ0v) is 12.5. The monoisotopic (exact) mass is 276 g/mol. The zero-order valence-electron chi connectivity index (χ0n) is 11.7. The molecule has 1 N–H and O–H groups in total. The maximum atomic E-state index is 4.73. The van der Waals surface area contributed by atoms with Crippen LogP contribution in [0.25, 0.3) is 10.2 Å². The fourth-order valence-electron chi connectivity index (χ4n) is 2.63. The molecular formula is C14H20N4S. The van der Waals surface area contributed by atoms with Crippen molar-refractivity contribution in [2.45, 2.75) is 27.2 Å². The number of hydrogen-bond donors (Lipinski definition) is 1. The molecule has 19 heavy (non-hydrogen) atoms. The Morgan fingerprint density at radius 2 is 2.32 bits per heavy atom. The van der Waals surface area contributed by atoms with Crippen LogP contribution in [0.4, 0.5) is 11.8 Å². The van der Waals surface area contributed by atoms with Gasteiger partial charge in [0.15, 0.2) is 0 Å². The average Bonchev–Trinajstić information content (AvgIpc) is 2.93. The SMILES string of the molecule is CCNc1nc(N2CCC(C)C2)c2cc(C)sc2n1. The van der Waals surface area contributed by atoms with Crippen molar-refractivity contribution >= 4 is 33.3 Å². The van der Waals surface area contributed by atoms with E-state index in [1.54, 1.807) is 11.3 Å². The molecule has 0 aromatic carbocycles. The summed E-state index contributed by atoms with van der Waals surface area (Å²) in [4.78, 5) is 14.1. The lowest BCUT2D eigenvalue weighted by molar-refractivity contribution is 0.659. The van der Waals surface area contributed by atoms with Gasteiger partial charge in [0.25, 0.3) is 0 Å². The van der Waals surface area contributed by atoms with Crippen molar-refractivity contribution in [1.29, 1.82) is 0 Å². The van der Waals surface area contributed by atoms with Crippen molar-refractivity contribution in [1.82, 2.24) is 9.97 Å². The van der Waals surface area contributed by atoms with Crippen LogP contribution in [-0.4, -0.2) is 29.6 Å². The minimum absolute atomic E-state index is 0.756. The molecule has 5 heteroatoms. The Balaban J connectivity index is 2.09. The molecule has 0 spiro atoms. The Kier molecular flexibility index (Phi) is 3.31. The predicted octanol–water partition coefficient (Wildman–Crippen LogP) is 3.28. The number of nitrogens with zero attached hydrogens (tertiary/aromatic N) is 3. The zero-order chi connectivity index (χ0) is 13.4. The fourth-order valence-corrected chi connectivity index (χ4v) is 3.51. The first kappa shape index (κ1) is 12.7. The van der Waals surface area contributed by atoms with Crippen LogP contribution in [0.2, 0.25) is 0 Å². The summed E-state index contributed by atoms with van der Waals surface area (Å²) in [5.41, 5.74) is 0. The van der Waals surface area contributed by atoms with E-state index < -0.39 is 0 Å². The molecule has 0 amide bonds. The standard InChI is InChI=1S/C14H20N4S/c1-4-15-14-16-12(18-6-5-9(2)8-18)11-7-10(3)19-13(11)17-14/h7,9H,4-6,8H2,1-3H3,(H,15,16,17). The molecule has 4 nitrogen and oxygen atoms in total. The minimum Gasteiger partial charge on any atom is -0.356 e. The van der Waals surface area contributed by atoms with E-state index in [1.807, 2.05) is 0 Å². The summed E-state index contributed by atoms with van der Waals surface area (Å²) in [5, 5.41) is 4.45. The van der Waals surface area contributed by atoms with E-state index in [9.17, 15) is 0 Å². The van der Waals surface area contributed by atoms with Gasteiger partial charge in [-0.25, -0.2) is 4.98 Å². The van der Waals surface area contributed by atoms with Crippen LogP contribution >= 0.6 is 11.3 Å². The van der Waals surface area contributed by atoms with Crippen LogP contribution in [0.3, 0.4) is 0 Å². The first-order chi connectivity index (χ1) is 9.17. The molecule has 1 fully saturated rings. The predicted molar refractivity (Wildman–Crippen MR) is 82.3 cm³/mol. The molecule has 1 aliphatic rings.